The minimum absolute atomic E-state index is 0.0871. The zero-order chi connectivity index (χ0) is 19.0. The molecule has 3 amide bonds. The minimum atomic E-state index is -0.612. The van der Waals surface area contributed by atoms with Gasteiger partial charge in [0.05, 0.1) is 12.1 Å². The molecule has 1 aromatic rings. The quantitative estimate of drug-likeness (QED) is 0.787. The van der Waals surface area contributed by atoms with Crippen LogP contribution in [0.25, 0.3) is 0 Å². The van der Waals surface area contributed by atoms with Crippen LogP contribution in [0.5, 0.6) is 0 Å². The Morgan fingerprint density at radius 1 is 1.11 bits per heavy atom. The number of amides is 3. The summed E-state index contributed by atoms with van der Waals surface area (Å²) in [5, 5.41) is 0. The molecule has 0 atom stereocenters. The van der Waals surface area contributed by atoms with Crippen molar-refractivity contribution in [1.29, 1.82) is 0 Å². The molecule has 3 fully saturated rings. The van der Waals surface area contributed by atoms with Crippen LogP contribution in [-0.4, -0.2) is 79.7 Å². The second-order valence-corrected chi connectivity index (χ2v) is 7.15. The molecular formula is C19H23N3O5. The first-order valence-corrected chi connectivity index (χ1v) is 9.22. The summed E-state index contributed by atoms with van der Waals surface area (Å²) in [5.41, 5.74) is 1.72. The second kappa shape index (κ2) is 7.19. The van der Waals surface area contributed by atoms with Crippen molar-refractivity contribution in [2.24, 2.45) is 0 Å². The number of hydrogen-bond donors (Lipinski definition) is 0. The van der Waals surface area contributed by atoms with Gasteiger partial charge in [-0.2, -0.15) is 0 Å². The summed E-state index contributed by atoms with van der Waals surface area (Å²) in [5.74, 6) is -0.422. The van der Waals surface area contributed by atoms with E-state index in [1.54, 1.807) is 12.0 Å². The summed E-state index contributed by atoms with van der Waals surface area (Å²) in [4.78, 5) is 40.9. The van der Waals surface area contributed by atoms with Gasteiger partial charge in [-0.15, -0.1) is 0 Å². The fourth-order valence-electron chi connectivity index (χ4n) is 3.85. The molecule has 27 heavy (non-hydrogen) atoms. The van der Waals surface area contributed by atoms with Gasteiger partial charge in [0.1, 0.15) is 0 Å². The molecule has 0 radical (unpaired) electrons. The summed E-state index contributed by atoms with van der Waals surface area (Å²) < 4.78 is 10.1. The Morgan fingerprint density at radius 3 is 2.33 bits per heavy atom. The molecule has 0 saturated carbocycles. The van der Waals surface area contributed by atoms with E-state index < -0.39 is 6.09 Å². The summed E-state index contributed by atoms with van der Waals surface area (Å²) in [7, 11) is 1.75. The lowest BCUT2D eigenvalue weighted by molar-refractivity contribution is -0.129. The first-order chi connectivity index (χ1) is 13.1. The SMILES string of the molecule is COC1CCN(c2ccc(C(=O)N3CC(N4C(=O)COC4=O)C3)cc2)CC1. The van der Waals surface area contributed by atoms with E-state index in [4.69, 9.17) is 9.47 Å². The molecule has 0 spiro atoms. The van der Waals surface area contributed by atoms with E-state index in [2.05, 4.69) is 4.90 Å². The lowest BCUT2D eigenvalue weighted by Crippen LogP contribution is -2.62. The average molecular weight is 373 g/mol. The molecule has 8 heteroatoms. The Hall–Kier alpha value is -2.61. The van der Waals surface area contributed by atoms with E-state index in [0.717, 1.165) is 36.5 Å². The highest BCUT2D eigenvalue weighted by Crippen LogP contribution is 2.24. The van der Waals surface area contributed by atoms with E-state index in [-0.39, 0.29) is 24.5 Å². The van der Waals surface area contributed by atoms with Crippen molar-refractivity contribution >= 4 is 23.6 Å². The number of benzene rings is 1. The third kappa shape index (κ3) is 3.37. The van der Waals surface area contributed by atoms with Crippen LogP contribution in [0.1, 0.15) is 23.2 Å². The van der Waals surface area contributed by atoms with Gasteiger partial charge in [0.15, 0.2) is 6.61 Å². The molecule has 4 rings (SSSR count). The number of likely N-dealkylation sites (tertiary alicyclic amines) is 1. The van der Waals surface area contributed by atoms with E-state index >= 15 is 0 Å². The number of rotatable bonds is 4. The number of hydrogen-bond acceptors (Lipinski definition) is 6. The molecule has 8 nitrogen and oxygen atoms in total. The number of methoxy groups -OCH3 is 1. The normalized spacial score (nSPS) is 21.4. The predicted octanol–water partition coefficient (Wildman–Crippen LogP) is 1.10. The van der Waals surface area contributed by atoms with Crippen LogP contribution in [0.4, 0.5) is 10.5 Å². The van der Waals surface area contributed by atoms with Crippen molar-refractivity contribution in [3.8, 4) is 0 Å². The number of carbonyl (C=O) groups is 3. The number of carbonyl (C=O) groups excluding carboxylic acids is 3. The Morgan fingerprint density at radius 2 is 1.78 bits per heavy atom. The average Bonchev–Trinajstić information content (AvgIpc) is 2.99. The van der Waals surface area contributed by atoms with Gasteiger partial charge in [-0.3, -0.25) is 9.59 Å². The number of nitrogens with zero attached hydrogens (tertiary/aromatic N) is 3. The maximum Gasteiger partial charge on any atom is 0.417 e. The molecule has 0 N–H and O–H groups in total. The Bertz CT molecular complexity index is 720. The Kier molecular flexibility index (Phi) is 4.73. The van der Waals surface area contributed by atoms with Crippen molar-refractivity contribution in [2.75, 3.05) is 44.8 Å². The van der Waals surface area contributed by atoms with Crippen molar-refractivity contribution < 1.29 is 23.9 Å². The molecule has 3 aliphatic heterocycles. The summed E-state index contributed by atoms with van der Waals surface area (Å²) >= 11 is 0. The van der Waals surface area contributed by atoms with Crippen molar-refractivity contribution in [3.05, 3.63) is 29.8 Å². The van der Waals surface area contributed by atoms with Gasteiger partial charge in [-0.25, -0.2) is 9.69 Å². The smallest absolute Gasteiger partial charge is 0.417 e. The van der Waals surface area contributed by atoms with Crippen LogP contribution in [-0.2, 0) is 14.3 Å². The third-order valence-corrected chi connectivity index (χ3v) is 5.55. The highest BCUT2D eigenvalue weighted by molar-refractivity contribution is 5.99. The maximum atomic E-state index is 12.6. The fraction of sp³-hybridized carbons (Fsp3) is 0.526. The van der Waals surface area contributed by atoms with Crippen LogP contribution in [0, 0.1) is 0 Å². The molecule has 3 aliphatic rings. The van der Waals surface area contributed by atoms with Crippen LogP contribution in [0.3, 0.4) is 0 Å². The van der Waals surface area contributed by atoms with E-state index in [1.807, 2.05) is 24.3 Å². The minimum Gasteiger partial charge on any atom is -0.439 e. The van der Waals surface area contributed by atoms with E-state index in [9.17, 15) is 14.4 Å². The first-order valence-electron chi connectivity index (χ1n) is 9.22. The van der Waals surface area contributed by atoms with Crippen molar-refractivity contribution in [1.82, 2.24) is 9.80 Å². The largest absolute Gasteiger partial charge is 0.439 e. The van der Waals surface area contributed by atoms with Crippen LogP contribution in [0.15, 0.2) is 24.3 Å². The summed E-state index contributed by atoms with van der Waals surface area (Å²) in [6.07, 6.45) is 1.73. The van der Waals surface area contributed by atoms with Gasteiger partial charge in [-0.05, 0) is 37.1 Å². The van der Waals surface area contributed by atoms with Gasteiger partial charge in [0.25, 0.3) is 11.8 Å². The van der Waals surface area contributed by atoms with Crippen molar-refractivity contribution in [2.45, 2.75) is 25.0 Å². The maximum absolute atomic E-state index is 12.6. The first kappa shape index (κ1) is 17.8. The molecular weight excluding hydrogens is 350 g/mol. The monoisotopic (exact) mass is 373 g/mol. The fourth-order valence-corrected chi connectivity index (χ4v) is 3.85. The molecule has 0 bridgehead atoms. The molecule has 144 valence electrons. The zero-order valence-corrected chi connectivity index (χ0v) is 15.3. The molecule has 0 aromatic heterocycles. The van der Waals surface area contributed by atoms with Crippen LogP contribution >= 0.6 is 0 Å². The van der Waals surface area contributed by atoms with Gasteiger partial charge in [0.2, 0.25) is 0 Å². The molecule has 0 unspecified atom stereocenters. The Balaban J connectivity index is 1.33. The lowest BCUT2D eigenvalue weighted by atomic mass is 10.0. The zero-order valence-electron chi connectivity index (χ0n) is 15.3. The van der Waals surface area contributed by atoms with Gasteiger partial charge in [0, 0.05) is 44.5 Å². The Labute approximate surface area is 157 Å². The predicted molar refractivity (Wildman–Crippen MR) is 96.6 cm³/mol. The number of anilines is 1. The number of ether oxygens (including phenoxy) is 2. The topological polar surface area (TPSA) is 79.4 Å². The highest BCUT2D eigenvalue weighted by atomic mass is 16.6. The number of imide groups is 1. The summed E-state index contributed by atoms with van der Waals surface area (Å²) in [6.45, 7) is 2.39. The standard InChI is InChI=1S/C19H23N3O5/c1-26-16-6-8-20(9-7-16)14-4-2-13(3-5-14)18(24)21-10-15(11-21)22-17(23)12-27-19(22)25/h2-5,15-16H,6-12H2,1H3. The van der Waals surface area contributed by atoms with Crippen LogP contribution in [0.2, 0.25) is 0 Å². The second-order valence-electron chi connectivity index (χ2n) is 7.15. The molecule has 3 heterocycles. The van der Waals surface area contributed by atoms with Gasteiger partial charge >= 0.3 is 6.09 Å². The van der Waals surface area contributed by atoms with Gasteiger partial charge in [-0.1, -0.05) is 0 Å². The molecule has 0 aliphatic carbocycles. The van der Waals surface area contributed by atoms with Crippen molar-refractivity contribution in [3.63, 3.8) is 0 Å². The van der Waals surface area contributed by atoms with E-state index in [1.165, 1.54) is 0 Å². The third-order valence-electron chi connectivity index (χ3n) is 5.55. The van der Waals surface area contributed by atoms with E-state index in [0.29, 0.717) is 24.8 Å². The van der Waals surface area contributed by atoms with Crippen LogP contribution < -0.4 is 4.90 Å². The molecule has 3 saturated heterocycles. The van der Waals surface area contributed by atoms with Gasteiger partial charge < -0.3 is 19.3 Å². The number of piperidine rings is 1. The highest BCUT2D eigenvalue weighted by Gasteiger charge is 2.44. The molecule has 1 aromatic carbocycles. The summed E-state index contributed by atoms with van der Waals surface area (Å²) in [6, 6.07) is 7.33. The number of cyclic esters (lactones) is 1. The lowest BCUT2D eigenvalue weighted by Gasteiger charge is -2.42.